The largest absolute Gasteiger partial charge is 0.378 e. The van der Waals surface area contributed by atoms with Gasteiger partial charge in [-0.2, -0.15) is 0 Å². The van der Waals surface area contributed by atoms with Gasteiger partial charge in [-0.25, -0.2) is 9.97 Å². The number of nitrogen functional groups attached to an aromatic ring is 1. The number of aromatic amines is 1. The molecular formula is C12H13N5O3S. The van der Waals surface area contributed by atoms with Crippen LogP contribution in [0.3, 0.4) is 0 Å². The number of anilines is 1. The Morgan fingerprint density at radius 3 is 2.81 bits per heavy atom. The summed E-state index contributed by atoms with van der Waals surface area (Å²) in [6.07, 6.45) is 1.58. The molecule has 2 heterocycles. The summed E-state index contributed by atoms with van der Waals surface area (Å²) in [4.78, 5) is 32.4. The van der Waals surface area contributed by atoms with E-state index in [1.807, 2.05) is 6.92 Å². The smallest absolute Gasteiger partial charge is 0.311 e. The lowest BCUT2D eigenvalue weighted by atomic mass is 10.2. The molecule has 9 heteroatoms. The summed E-state index contributed by atoms with van der Waals surface area (Å²) in [7, 11) is 0. The van der Waals surface area contributed by atoms with Gasteiger partial charge >= 0.3 is 5.69 Å². The molecule has 0 amide bonds. The summed E-state index contributed by atoms with van der Waals surface area (Å²) in [6.45, 7) is 1.99. The van der Waals surface area contributed by atoms with Crippen molar-refractivity contribution in [3.63, 3.8) is 0 Å². The summed E-state index contributed by atoms with van der Waals surface area (Å²) in [5.41, 5.74) is 5.72. The van der Waals surface area contributed by atoms with Gasteiger partial charge in [0.1, 0.15) is 5.03 Å². The van der Waals surface area contributed by atoms with Gasteiger partial charge in [0.2, 0.25) is 5.82 Å². The molecule has 110 valence electrons. The first-order chi connectivity index (χ1) is 9.99. The lowest BCUT2D eigenvalue weighted by Gasteiger charge is -2.03. The number of rotatable bonds is 5. The topological polar surface area (TPSA) is 128 Å². The summed E-state index contributed by atoms with van der Waals surface area (Å²) in [5.74, 6) is -0.169. The van der Waals surface area contributed by atoms with Crippen molar-refractivity contribution in [3.05, 3.63) is 44.4 Å². The molecule has 0 spiro atoms. The van der Waals surface area contributed by atoms with Gasteiger partial charge in [-0.05, 0) is 24.2 Å². The molecule has 2 aromatic rings. The SMILES string of the molecule is CCCc1cc(=O)[nH]c(Sc2ccc([N+](=O)[O-])c(N)n2)n1. The fraction of sp³-hybridized carbons (Fsp3) is 0.250. The van der Waals surface area contributed by atoms with E-state index < -0.39 is 4.92 Å². The maximum Gasteiger partial charge on any atom is 0.311 e. The van der Waals surface area contributed by atoms with Crippen molar-refractivity contribution in [3.8, 4) is 0 Å². The van der Waals surface area contributed by atoms with Crippen LogP contribution in [-0.2, 0) is 6.42 Å². The van der Waals surface area contributed by atoms with Crippen molar-refractivity contribution in [1.82, 2.24) is 15.0 Å². The van der Waals surface area contributed by atoms with Gasteiger partial charge in [-0.15, -0.1) is 0 Å². The van der Waals surface area contributed by atoms with Crippen LogP contribution in [0.4, 0.5) is 11.5 Å². The first-order valence-corrected chi connectivity index (χ1v) is 7.00. The maximum absolute atomic E-state index is 11.5. The van der Waals surface area contributed by atoms with E-state index in [1.54, 1.807) is 0 Å². The highest BCUT2D eigenvalue weighted by Gasteiger charge is 2.14. The fourth-order valence-electron chi connectivity index (χ4n) is 1.68. The zero-order chi connectivity index (χ0) is 15.4. The lowest BCUT2D eigenvalue weighted by molar-refractivity contribution is -0.384. The molecule has 0 aliphatic rings. The Labute approximate surface area is 124 Å². The van der Waals surface area contributed by atoms with Gasteiger partial charge in [0, 0.05) is 17.8 Å². The van der Waals surface area contributed by atoms with E-state index in [0.717, 1.165) is 18.2 Å². The number of nitro groups is 1. The highest BCUT2D eigenvalue weighted by molar-refractivity contribution is 7.99. The lowest BCUT2D eigenvalue weighted by Crippen LogP contribution is -2.10. The second-order valence-electron chi connectivity index (χ2n) is 4.20. The zero-order valence-electron chi connectivity index (χ0n) is 11.2. The Hall–Kier alpha value is -2.42. The maximum atomic E-state index is 11.5. The van der Waals surface area contributed by atoms with E-state index in [4.69, 9.17) is 5.73 Å². The molecule has 0 unspecified atom stereocenters. The Kier molecular flexibility index (Phi) is 4.53. The van der Waals surface area contributed by atoms with Crippen molar-refractivity contribution in [1.29, 1.82) is 0 Å². The summed E-state index contributed by atoms with van der Waals surface area (Å²) < 4.78 is 0. The van der Waals surface area contributed by atoms with E-state index in [2.05, 4.69) is 15.0 Å². The van der Waals surface area contributed by atoms with E-state index in [-0.39, 0.29) is 17.1 Å². The first-order valence-electron chi connectivity index (χ1n) is 6.18. The Balaban J connectivity index is 2.28. The molecule has 0 saturated carbocycles. The predicted octanol–water partition coefficient (Wildman–Crippen LogP) is 1.76. The molecular weight excluding hydrogens is 294 g/mol. The predicted molar refractivity (Wildman–Crippen MR) is 78.3 cm³/mol. The molecule has 0 atom stereocenters. The molecule has 0 aliphatic carbocycles. The van der Waals surface area contributed by atoms with Gasteiger partial charge < -0.3 is 10.7 Å². The van der Waals surface area contributed by atoms with Crippen LogP contribution in [0, 0.1) is 10.1 Å². The monoisotopic (exact) mass is 307 g/mol. The number of aromatic nitrogens is 3. The van der Waals surface area contributed by atoms with Crippen molar-refractivity contribution in [2.24, 2.45) is 0 Å². The van der Waals surface area contributed by atoms with E-state index in [1.165, 1.54) is 18.2 Å². The number of H-pyrrole nitrogens is 1. The molecule has 0 fully saturated rings. The van der Waals surface area contributed by atoms with Crippen molar-refractivity contribution in [2.45, 2.75) is 29.9 Å². The third-order valence-electron chi connectivity index (χ3n) is 2.55. The minimum absolute atomic E-state index is 0.169. The molecule has 21 heavy (non-hydrogen) atoms. The van der Waals surface area contributed by atoms with E-state index in [0.29, 0.717) is 22.3 Å². The van der Waals surface area contributed by atoms with Gasteiger partial charge in [0.15, 0.2) is 5.16 Å². The third kappa shape index (κ3) is 3.78. The summed E-state index contributed by atoms with van der Waals surface area (Å²) >= 11 is 1.10. The van der Waals surface area contributed by atoms with Crippen LogP contribution in [0.15, 0.2) is 33.2 Å². The van der Waals surface area contributed by atoms with Crippen LogP contribution in [-0.4, -0.2) is 19.9 Å². The van der Waals surface area contributed by atoms with Crippen molar-refractivity contribution >= 4 is 23.3 Å². The summed E-state index contributed by atoms with van der Waals surface area (Å²) in [5, 5.41) is 11.5. The average molecular weight is 307 g/mol. The molecule has 0 saturated heterocycles. The minimum Gasteiger partial charge on any atom is -0.378 e. The highest BCUT2D eigenvalue weighted by atomic mass is 32.2. The second-order valence-corrected chi connectivity index (χ2v) is 5.21. The molecule has 0 aliphatic heterocycles. The number of nitrogens with zero attached hydrogens (tertiary/aromatic N) is 3. The standard InChI is InChI=1S/C12H13N5O3S/c1-2-3-7-6-9(18)15-12(14-7)21-10-5-4-8(17(19)20)11(13)16-10/h4-6H,2-3H2,1H3,(H2,13,16)(H,14,15,18). The molecule has 3 N–H and O–H groups in total. The quantitative estimate of drug-likeness (QED) is 0.489. The van der Waals surface area contributed by atoms with Gasteiger partial charge in [0.05, 0.1) is 4.92 Å². The minimum atomic E-state index is -0.598. The van der Waals surface area contributed by atoms with Gasteiger partial charge in [-0.3, -0.25) is 14.9 Å². The number of nitrogens with two attached hydrogens (primary N) is 1. The molecule has 8 nitrogen and oxygen atoms in total. The molecule has 2 aromatic heterocycles. The zero-order valence-corrected chi connectivity index (χ0v) is 12.0. The third-order valence-corrected chi connectivity index (χ3v) is 3.38. The number of pyridine rings is 1. The fourth-order valence-corrected chi connectivity index (χ4v) is 2.47. The Bertz CT molecular complexity index is 731. The first kappa shape index (κ1) is 15.0. The summed E-state index contributed by atoms with van der Waals surface area (Å²) in [6, 6.07) is 4.19. The van der Waals surface area contributed by atoms with Crippen LogP contribution >= 0.6 is 11.8 Å². The van der Waals surface area contributed by atoms with Gasteiger partial charge in [0.25, 0.3) is 5.56 Å². The average Bonchev–Trinajstić information content (AvgIpc) is 2.37. The second kappa shape index (κ2) is 6.35. The highest BCUT2D eigenvalue weighted by Crippen LogP contribution is 2.27. The number of nitrogens with one attached hydrogen (secondary N) is 1. The number of aryl methyl sites for hydroxylation is 1. The Morgan fingerprint density at radius 1 is 1.43 bits per heavy atom. The molecule has 0 bridgehead atoms. The Morgan fingerprint density at radius 2 is 2.19 bits per heavy atom. The van der Waals surface area contributed by atoms with Crippen LogP contribution in [0.1, 0.15) is 19.0 Å². The van der Waals surface area contributed by atoms with Crippen molar-refractivity contribution in [2.75, 3.05) is 5.73 Å². The van der Waals surface area contributed by atoms with Crippen LogP contribution in [0.2, 0.25) is 0 Å². The normalized spacial score (nSPS) is 10.5. The van der Waals surface area contributed by atoms with Crippen LogP contribution in [0.25, 0.3) is 0 Å². The molecule has 0 aromatic carbocycles. The van der Waals surface area contributed by atoms with Crippen molar-refractivity contribution < 1.29 is 4.92 Å². The van der Waals surface area contributed by atoms with Gasteiger partial charge in [-0.1, -0.05) is 13.3 Å². The van der Waals surface area contributed by atoms with Crippen LogP contribution < -0.4 is 11.3 Å². The van der Waals surface area contributed by atoms with E-state index in [9.17, 15) is 14.9 Å². The van der Waals surface area contributed by atoms with E-state index >= 15 is 0 Å². The van der Waals surface area contributed by atoms with Crippen LogP contribution in [0.5, 0.6) is 0 Å². The number of hydrogen-bond donors (Lipinski definition) is 2. The molecule has 2 rings (SSSR count). The molecule has 0 radical (unpaired) electrons. The number of hydrogen-bond acceptors (Lipinski definition) is 7.